The van der Waals surface area contributed by atoms with E-state index in [1.807, 2.05) is 6.07 Å². The molecule has 29 heavy (non-hydrogen) atoms. The minimum atomic E-state index is -3.05. The van der Waals surface area contributed by atoms with Gasteiger partial charge in [0.2, 0.25) is 0 Å². The van der Waals surface area contributed by atoms with Gasteiger partial charge in [0.05, 0.1) is 10.8 Å². The van der Waals surface area contributed by atoms with Crippen molar-refractivity contribution in [3.8, 4) is 6.07 Å². The molecule has 148 valence electrons. The second-order valence-corrected chi connectivity index (χ2v) is 7.56. The predicted octanol–water partition coefficient (Wildman–Crippen LogP) is 2.59. The zero-order chi connectivity index (χ0) is 20.8. The van der Waals surface area contributed by atoms with Crippen molar-refractivity contribution in [3.05, 3.63) is 59.2 Å². The maximum atomic E-state index is 14.6. The first-order valence-corrected chi connectivity index (χ1v) is 9.22. The molecule has 1 aromatic heterocycles. The summed E-state index contributed by atoms with van der Waals surface area (Å²) < 4.78 is 47.9. The van der Waals surface area contributed by atoms with Crippen molar-refractivity contribution in [1.29, 1.82) is 5.26 Å². The molecule has 0 saturated carbocycles. The SMILES string of the molecule is N#Cc1ccc(C(=O)Nc2ccc(F)c([C@@]3(C(F)F)N=C(N)O[C@@H]4S[C@@H]43)c2)nc1. The van der Waals surface area contributed by atoms with Gasteiger partial charge in [-0.25, -0.2) is 23.1 Å². The third-order valence-electron chi connectivity index (χ3n) is 4.53. The smallest absolute Gasteiger partial charge is 0.284 e. The van der Waals surface area contributed by atoms with Crippen molar-refractivity contribution in [3.63, 3.8) is 0 Å². The molecule has 4 rings (SSSR count). The van der Waals surface area contributed by atoms with Gasteiger partial charge in [0, 0.05) is 17.4 Å². The molecular weight excluding hydrogens is 407 g/mol. The van der Waals surface area contributed by atoms with Gasteiger partial charge in [-0.05, 0) is 30.3 Å². The van der Waals surface area contributed by atoms with Gasteiger partial charge in [-0.1, -0.05) is 0 Å². The number of halogens is 3. The van der Waals surface area contributed by atoms with E-state index < -0.39 is 40.4 Å². The van der Waals surface area contributed by atoms with E-state index in [4.69, 9.17) is 15.7 Å². The molecule has 3 atom stereocenters. The molecule has 11 heteroatoms. The van der Waals surface area contributed by atoms with Crippen molar-refractivity contribution in [2.24, 2.45) is 10.7 Å². The molecule has 1 amide bonds. The average Bonchev–Trinajstić information content (AvgIpc) is 3.48. The van der Waals surface area contributed by atoms with E-state index in [0.717, 1.165) is 23.9 Å². The fourth-order valence-corrected chi connectivity index (χ4v) is 4.20. The number of ether oxygens (including phenoxy) is 1. The van der Waals surface area contributed by atoms with Crippen LogP contribution in [0, 0.1) is 17.1 Å². The molecule has 2 aromatic rings. The highest BCUT2D eigenvalue weighted by Gasteiger charge is 2.65. The van der Waals surface area contributed by atoms with E-state index in [1.165, 1.54) is 24.4 Å². The predicted molar refractivity (Wildman–Crippen MR) is 98.9 cm³/mol. The van der Waals surface area contributed by atoms with Crippen LogP contribution in [0.5, 0.6) is 0 Å². The lowest BCUT2D eigenvalue weighted by molar-refractivity contribution is 0.0352. The zero-order valence-electron chi connectivity index (χ0n) is 14.5. The van der Waals surface area contributed by atoms with Gasteiger partial charge in [0.25, 0.3) is 18.4 Å². The summed E-state index contributed by atoms with van der Waals surface area (Å²) in [5.74, 6) is -1.55. The number of nitrogens with two attached hydrogens (primary N) is 1. The molecule has 0 spiro atoms. The number of aromatic nitrogens is 1. The second-order valence-electron chi connectivity index (χ2n) is 6.31. The molecule has 0 radical (unpaired) electrons. The van der Waals surface area contributed by atoms with Gasteiger partial charge in [-0.3, -0.25) is 4.79 Å². The van der Waals surface area contributed by atoms with Gasteiger partial charge >= 0.3 is 0 Å². The highest BCUT2D eigenvalue weighted by atomic mass is 32.2. The molecule has 0 bridgehead atoms. The minimum absolute atomic E-state index is 0.00425. The fraction of sp³-hybridized carbons (Fsp3) is 0.222. The van der Waals surface area contributed by atoms with E-state index in [1.54, 1.807) is 0 Å². The van der Waals surface area contributed by atoms with Crippen molar-refractivity contribution in [2.75, 3.05) is 5.32 Å². The maximum absolute atomic E-state index is 14.6. The number of thioether (sulfide) groups is 1. The number of nitrogens with one attached hydrogen (secondary N) is 1. The molecule has 3 heterocycles. The monoisotopic (exact) mass is 419 g/mol. The van der Waals surface area contributed by atoms with Crippen molar-refractivity contribution < 1.29 is 22.7 Å². The normalized spacial score (nSPS) is 24.7. The summed E-state index contributed by atoms with van der Waals surface area (Å²) in [4.78, 5) is 20.0. The molecular formula is C18H12F3N5O2S. The number of fused-ring (bicyclic) bond motifs is 1. The molecule has 1 saturated heterocycles. The highest BCUT2D eigenvalue weighted by molar-refractivity contribution is 8.07. The van der Waals surface area contributed by atoms with Crippen molar-refractivity contribution in [1.82, 2.24) is 4.98 Å². The third kappa shape index (κ3) is 3.25. The number of amidine groups is 1. The lowest BCUT2D eigenvalue weighted by Gasteiger charge is -2.32. The molecule has 7 nitrogen and oxygen atoms in total. The van der Waals surface area contributed by atoms with Gasteiger partial charge in [0.15, 0.2) is 11.0 Å². The number of benzene rings is 1. The first-order chi connectivity index (χ1) is 13.8. The number of nitrogens with zero attached hydrogens (tertiary/aromatic N) is 3. The summed E-state index contributed by atoms with van der Waals surface area (Å²) in [5.41, 5.74) is 2.67. The number of hydrogen-bond donors (Lipinski definition) is 2. The molecule has 1 aromatic carbocycles. The Kier molecular flexibility index (Phi) is 4.58. The Morgan fingerprint density at radius 3 is 2.83 bits per heavy atom. The van der Waals surface area contributed by atoms with Crippen LogP contribution in [0.25, 0.3) is 0 Å². The van der Waals surface area contributed by atoms with Crippen LogP contribution in [-0.2, 0) is 10.3 Å². The molecule has 0 aliphatic carbocycles. The Labute approximate surface area is 166 Å². The molecule has 0 unspecified atom stereocenters. The summed E-state index contributed by atoms with van der Waals surface area (Å²) in [7, 11) is 0. The Morgan fingerprint density at radius 2 is 2.17 bits per heavy atom. The second kappa shape index (κ2) is 6.97. The van der Waals surface area contributed by atoms with Crippen LogP contribution in [0.3, 0.4) is 0 Å². The van der Waals surface area contributed by atoms with Gasteiger partial charge in [-0.15, -0.1) is 11.8 Å². The average molecular weight is 419 g/mol. The summed E-state index contributed by atoms with van der Waals surface area (Å²) in [5, 5.41) is 10.5. The number of aliphatic imine (C=N–C) groups is 1. The number of carbonyl (C=O) groups is 1. The molecule has 2 aliphatic heterocycles. The third-order valence-corrected chi connectivity index (χ3v) is 5.75. The number of hydrogen-bond acceptors (Lipinski definition) is 7. The maximum Gasteiger partial charge on any atom is 0.284 e. The number of nitriles is 1. The number of anilines is 1. The Bertz CT molecular complexity index is 1060. The van der Waals surface area contributed by atoms with Crippen LogP contribution >= 0.6 is 11.8 Å². The number of pyridine rings is 1. The quantitative estimate of drug-likeness (QED) is 0.737. The Hall–Kier alpha value is -3.26. The lowest BCUT2D eigenvalue weighted by atomic mass is 9.86. The van der Waals surface area contributed by atoms with Crippen molar-refractivity contribution in [2.45, 2.75) is 22.7 Å². The molecule has 3 N–H and O–H groups in total. The standard InChI is InChI=1S/C18H12F3N5O2S/c19-11-3-2-9(25-14(27)12-4-1-8(6-22)7-24-12)5-10(11)18(16(20)21)13-15(29-13)28-17(23)26-18/h1-5,7,13,15-16H,(H2,23,26)(H,25,27)/t13-,15+,18+/m0/s1. The van der Waals surface area contributed by atoms with Gasteiger partial charge in [-0.2, -0.15) is 5.26 Å². The van der Waals surface area contributed by atoms with Crippen molar-refractivity contribution >= 4 is 29.4 Å². The summed E-state index contributed by atoms with van der Waals surface area (Å²) in [6, 6.07) is 7.52. The van der Waals surface area contributed by atoms with Crippen LogP contribution in [0.4, 0.5) is 18.9 Å². The first-order valence-electron chi connectivity index (χ1n) is 8.28. The summed E-state index contributed by atoms with van der Waals surface area (Å²) in [6.45, 7) is 0. The number of rotatable bonds is 4. The molecule has 1 fully saturated rings. The summed E-state index contributed by atoms with van der Waals surface area (Å²) >= 11 is 1.07. The van der Waals surface area contributed by atoms with Crippen LogP contribution in [0.2, 0.25) is 0 Å². The van der Waals surface area contributed by atoms with E-state index in [0.29, 0.717) is 0 Å². The zero-order valence-corrected chi connectivity index (χ0v) is 15.3. The number of carbonyl (C=O) groups excluding carboxylic acids is 1. The topological polar surface area (TPSA) is 113 Å². The minimum Gasteiger partial charge on any atom is -0.450 e. The summed E-state index contributed by atoms with van der Waals surface area (Å²) in [6.07, 6.45) is -1.83. The number of alkyl halides is 2. The van der Waals surface area contributed by atoms with Gasteiger partial charge < -0.3 is 15.8 Å². The Balaban J connectivity index is 1.68. The van der Waals surface area contributed by atoms with E-state index in [9.17, 15) is 18.0 Å². The first kappa shape index (κ1) is 19.1. The largest absolute Gasteiger partial charge is 0.450 e. The van der Waals surface area contributed by atoms with E-state index >= 15 is 0 Å². The van der Waals surface area contributed by atoms with Crippen LogP contribution in [-0.4, -0.2) is 34.0 Å². The molecule has 2 aliphatic rings. The lowest BCUT2D eigenvalue weighted by Crippen LogP contribution is -2.45. The van der Waals surface area contributed by atoms with Gasteiger partial charge in [0.1, 0.15) is 17.6 Å². The van der Waals surface area contributed by atoms with E-state index in [-0.39, 0.29) is 22.5 Å². The number of amides is 1. The van der Waals surface area contributed by atoms with Crippen LogP contribution in [0.15, 0.2) is 41.5 Å². The van der Waals surface area contributed by atoms with E-state index in [2.05, 4.69) is 15.3 Å². The van der Waals surface area contributed by atoms with Crippen LogP contribution in [0.1, 0.15) is 21.6 Å². The van der Waals surface area contributed by atoms with Crippen LogP contribution < -0.4 is 11.1 Å². The fourth-order valence-electron chi connectivity index (χ4n) is 3.09. The Morgan fingerprint density at radius 1 is 1.38 bits per heavy atom. The highest BCUT2D eigenvalue weighted by Crippen LogP contribution is 2.59.